The lowest BCUT2D eigenvalue weighted by molar-refractivity contribution is -0.139. The quantitative estimate of drug-likeness (QED) is 0.122. The Morgan fingerprint density at radius 3 is 1.97 bits per heavy atom. The number of primary amides is 1. The lowest BCUT2D eigenvalue weighted by Crippen LogP contribution is -2.53. The summed E-state index contributed by atoms with van der Waals surface area (Å²) in [5.74, 6) is -1.82. The van der Waals surface area contributed by atoms with Crippen molar-refractivity contribution in [2.45, 2.75) is 141 Å². The minimum absolute atomic E-state index is 0.0000588. The minimum Gasteiger partial charge on any atom is -0.391 e. The highest BCUT2D eigenvalue weighted by atomic mass is 16.3. The number of rotatable bonds is 23. The standard InChI is InChI=1S/C29H55N5O5/c1-2-3-4-5-6-7-8-9-10-11-12-13-14-18-26(36)32-21-27(37)34-22-23(35)20-25(34)29(39)33-24(28(31)38)17-15-16-19-30/h23-25,35H,2-22,30H2,1H3,(H2,31,38)(H,32,36)(H,33,39)/t23?,24-,25?/m0/s1. The van der Waals surface area contributed by atoms with Gasteiger partial charge in [0.2, 0.25) is 23.6 Å². The van der Waals surface area contributed by atoms with Crippen molar-refractivity contribution >= 4 is 23.6 Å². The van der Waals surface area contributed by atoms with Crippen molar-refractivity contribution in [1.29, 1.82) is 0 Å². The average molecular weight is 554 g/mol. The van der Waals surface area contributed by atoms with Gasteiger partial charge in [-0.05, 0) is 32.2 Å². The van der Waals surface area contributed by atoms with E-state index in [0.29, 0.717) is 32.2 Å². The predicted octanol–water partition coefficient (Wildman–Crippen LogP) is 2.64. The van der Waals surface area contributed by atoms with Gasteiger partial charge in [0.25, 0.3) is 0 Å². The highest BCUT2D eigenvalue weighted by Crippen LogP contribution is 2.19. The van der Waals surface area contributed by atoms with Crippen LogP contribution in [0, 0.1) is 0 Å². The molecule has 7 N–H and O–H groups in total. The molecule has 0 aliphatic carbocycles. The molecule has 3 atom stereocenters. The third kappa shape index (κ3) is 15.8. The molecule has 1 fully saturated rings. The number of β-amino-alcohol motifs (C(OH)–C–C–N with tert-alkyl or cyclic N) is 1. The van der Waals surface area contributed by atoms with Crippen molar-refractivity contribution in [2.75, 3.05) is 19.6 Å². The molecule has 4 amide bonds. The molecule has 1 aliphatic rings. The summed E-state index contributed by atoms with van der Waals surface area (Å²) in [4.78, 5) is 50.8. The molecule has 0 aromatic rings. The van der Waals surface area contributed by atoms with E-state index in [9.17, 15) is 24.3 Å². The van der Waals surface area contributed by atoms with E-state index in [4.69, 9.17) is 11.5 Å². The number of amides is 4. The molecule has 0 bridgehead atoms. The van der Waals surface area contributed by atoms with Crippen LogP contribution in [-0.4, -0.2) is 71.5 Å². The number of aliphatic hydroxyl groups is 1. The molecule has 10 heteroatoms. The first-order valence-electron chi connectivity index (χ1n) is 15.3. The minimum atomic E-state index is -0.915. The molecule has 0 aromatic heterocycles. The van der Waals surface area contributed by atoms with E-state index in [-0.39, 0.29) is 25.4 Å². The van der Waals surface area contributed by atoms with Crippen LogP contribution in [0.25, 0.3) is 0 Å². The summed E-state index contributed by atoms with van der Waals surface area (Å²) in [5, 5.41) is 15.3. The van der Waals surface area contributed by atoms with E-state index < -0.39 is 35.9 Å². The topological polar surface area (TPSA) is 168 Å². The summed E-state index contributed by atoms with van der Waals surface area (Å²) in [7, 11) is 0. The molecule has 0 spiro atoms. The van der Waals surface area contributed by atoms with E-state index >= 15 is 0 Å². The molecule has 0 saturated carbocycles. The monoisotopic (exact) mass is 553 g/mol. The van der Waals surface area contributed by atoms with E-state index in [2.05, 4.69) is 17.6 Å². The van der Waals surface area contributed by atoms with Gasteiger partial charge in [0.05, 0.1) is 12.6 Å². The smallest absolute Gasteiger partial charge is 0.243 e. The van der Waals surface area contributed by atoms with Gasteiger partial charge in [-0.15, -0.1) is 0 Å². The largest absolute Gasteiger partial charge is 0.391 e. The normalized spacial score (nSPS) is 17.7. The first kappa shape index (κ1) is 34.8. The van der Waals surface area contributed by atoms with Crippen molar-refractivity contribution in [3.05, 3.63) is 0 Å². The second-order valence-corrected chi connectivity index (χ2v) is 11.0. The van der Waals surface area contributed by atoms with Crippen LogP contribution in [-0.2, 0) is 19.2 Å². The molecule has 0 aromatic carbocycles. The SMILES string of the molecule is CCCCCCCCCCCCCCCC(=O)NCC(=O)N1CC(O)CC1C(=O)N[C@@H](CCCCN)C(N)=O. The Labute approximate surface area is 235 Å². The number of likely N-dealkylation sites (tertiary alicyclic amines) is 1. The van der Waals surface area contributed by atoms with Gasteiger partial charge < -0.3 is 32.1 Å². The third-order valence-electron chi connectivity index (χ3n) is 7.45. The molecule has 1 rings (SSSR count). The summed E-state index contributed by atoms with van der Waals surface area (Å²) in [6.45, 7) is 2.48. The van der Waals surface area contributed by atoms with Crippen molar-refractivity contribution < 1.29 is 24.3 Å². The maximum Gasteiger partial charge on any atom is 0.243 e. The van der Waals surface area contributed by atoms with Gasteiger partial charge in [-0.3, -0.25) is 19.2 Å². The first-order valence-corrected chi connectivity index (χ1v) is 15.3. The number of aliphatic hydroxyl groups excluding tert-OH is 1. The number of carbonyl (C=O) groups is 4. The molecule has 1 heterocycles. The Balaban J connectivity index is 2.24. The van der Waals surface area contributed by atoms with Crippen LogP contribution < -0.4 is 22.1 Å². The van der Waals surface area contributed by atoms with Crippen LogP contribution in [0.5, 0.6) is 0 Å². The Morgan fingerprint density at radius 2 is 1.44 bits per heavy atom. The summed E-state index contributed by atoms with van der Waals surface area (Å²) < 4.78 is 0. The molecule has 39 heavy (non-hydrogen) atoms. The van der Waals surface area contributed by atoms with Crippen LogP contribution in [0.2, 0.25) is 0 Å². The fourth-order valence-corrected chi connectivity index (χ4v) is 5.05. The van der Waals surface area contributed by atoms with E-state index in [1.807, 2.05) is 0 Å². The maximum absolute atomic E-state index is 12.8. The fraction of sp³-hybridized carbons (Fsp3) is 0.862. The van der Waals surface area contributed by atoms with E-state index in [1.54, 1.807) is 0 Å². The zero-order chi connectivity index (χ0) is 28.9. The summed E-state index contributed by atoms with van der Waals surface area (Å²) in [6.07, 6.45) is 17.3. The first-order chi connectivity index (χ1) is 18.8. The maximum atomic E-state index is 12.8. The van der Waals surface area contributed by atoms with Crippen molar-refractivity contribution in [1.82, 2.24) is 15.5 Å². The van der Waals surface area contributed by atoms with E-state index in [1.165, 1.54) is 69.1 Å². The zero-order valence-electron chi connectivity index (χ0n) is 24.3. The average Bonchev–Trinajstić information content (AvgIpc) is 3.31. The molecule has 1 aliphatic heterocycles. The summed E-state index contributed by atoms with van der Waals surface area (Å²) in [6, 6.07) is -1.78. The van der Waals surface area contributed by atoms with Crippen molar-refractivity contribution in [2.24, 2.45) is 11.5 Å². The van der Waals surface area contributed by atoms with Crippen LogP contribution >= 0.6 is 0 Å². The number of hydrogen-bond acceptors (Lipinski definition) is 6. The second-order valence-electron chi connectivity index (χ2n) is 11.0. The predicted molar refractivity (Wildman–Crippen MR) is 153 cm³/mol. The summed E-state index contributed by atoms with van der Waals surface area (Å²) in [5.41, 5.74) is 10.9. The van der Waals surface area contributed by atoms with Gasteiger partial charge in [0.1, 0.15) is 12.1 Å². The van der Waals surface area contributed by atoms with Gasteiger partial charge >= 0.3 is 0 Å². The Kier molecular flexibility index (Phi) is 19.3. The van der Waals surface area contributed by atoms with Gasteiger partial charge in [-0.2, -0.15) is 0 Å². The van der Waals surface area contributed by atoms with E-state index in [0.717, 1.165) is 19.3 Å². The number of hydrogen-bond donors (Lipinski definition) is 5. The highest BCUT2D eigenvalue weighted by Gasteiger charge is 2.39. The van der Waals surface area contributed by atoms with Gasteiger partial charge in [-0.1, -0.05) is 84.0 Å². The van der Waals surface area contributed by atoms with Crippen molar-refractivity contribution in [3.63, 3.8) is 0 Å². The van der Waals surface area contributed by atoms with Crippen LogP contribution in [0.3, 0.4) is 0 Å². The summed E-state index contributed by atoms with van der Waals surface area (Å²) >= 11 is 0. The number of nitrogens with zero attached hydrogens (tertiary/aromatic N) is 1. The number of carbonyl (C=O) groups excluding carboxylic acids is 4. The molecule has 226 valence electrons. The molecule has 1 saturated heterocycles. The van der Waals surface area contributed by atoms with Crippen LogP contribution in [0.15, 0.2) is 0 Å². The Morgan fingerprint density at radius 1 is 0.872 bits per heavy atom. The fourth-order valence-electron chi connectivity index (χ4n) is 5.05. The van der Waals surface area contributed by atoms with Crippen molar-refractivity contribution in [3.8, 4) is 0 Å². The Bertz CT molecular complexity index is 720. The lowest BCUT2D eigenvalue weighted by Gasteiger charge is -2.25. The second kappa shape index (κ2) is 21.6. The zero-order valence-corrected chi connectivity index (χ0v) is 24.3. The van der Waals surface area contributed by atoms with Gasteiger partial charge in [0, 0.05) is 19.4 Å². The third-order valence-corrected chi connectivity index (χ3v) is 7.45. The molecule has 10 nitrogen and oxygen atoms in total. The van der Waals surface area contributed by atoms with Crippen LogP contribution in [0.4, 0.5) is 0 Å². The molecular weight excluding hydrogens is 498 g/mol. The van der Waals surface area contributed by atoms with Gasteiger partial charge in [-0.25, -0.2) is 0 Å². The Hall–Kier alpha value is -2.20. The molecule has 2 unspecified atom stereocenters. The van der Waals surface area contributed by atoms with Gasteiger partial charge in [0.15, 0.2) is 0 Å². The highest BCUT2D eigenvalue weighted by molar-refractivity contribution is 5.93. The molecule has 0 radical (unpaired) electrons. The number of nitrogens with one attached hydrogen (secondary N) is 2. The van der Waals surface area contributed by atoms with Crippen LogP contribution in [0.1, 0.15) is 122 Å². The lowest BCUT2D eigenvalue weighted by atomic mass is 10.0. The number of nitrogens with two attached hydrogens (primary N) is 2. The number of unbranched alkanes of at least 4 members (excludes halogenated alkanes) is 13. The molecular formula is C29H55N5O5.